The lowest BCUT2D eigenvalue weighted by atomic mass is 9.31. The zero-order valence-corrected chi connectivity index (χ0v) is 58.4. The van der Waals surface area contributed by atoms with Crippen molar-refractivity contribution in [3.8, 4) is 11.4 Å². The minimum absolute atomic E-state index is 0.213. The van der Waals surface area contributed by atoms with Crippen molar-refractivity contribution in [3.63, 3.8) is 0 Å². The fourth-order valence-corrected chi connectivity index (χ4v) is 19.2. The van der Waals surface area contributed by atoms with Crippen molar-refractivity contribution in [1.29, 1.82) is 0 Å². The monoisotopic (exact) mass is 1370 g/mol. The average molecular weight is 1370 g/mol. The highest BCUT2D eigenvalue weighted by molar-refractivity contribution is 8.00. The molecule has 106 heavy (non-hydrogen) atoms. The highest BCUT2D eigenvalue weighted by Gasteiger charge is 2.49. The molecule has 22 rings (SSSR count). The molecule has 0 spiro atoms. The largest absolute Gasteiger partial charge is 0.311 e. The zero-order chi connectivity index (χ0) is 69.5. The van der Waals surface area contributed by atoms with Gasteiger partial charge in [-0.1, -0.05) is 236 Å². The van der Waals surface area contributed by atoms with Crippen LogP contribution in [0.1, 0.15) is 0 Å². The van der Waals surface area contributed by atoms with E-state index in [0.29, 0.717) is 0 Å². The average Bonchev–Trinajstić information content (AvgIpc) is 1.24. The van der Waals surface area contributed by atoms with Crippen molar-refractivity contribution in [2.45, 2.75) is 9.79 Å². The van der Waals surface area contributed by atoms with E-state index >= 15 is 0 Å². The summed E-state index contributed by atoms with van der Waals surface area (Å²) >= 11 is 1.91. The molecule has 0 bridgehead atoms. The molecule has 4 aliphatic heterocycles. The van der Waals surface area contributed by atoms with Gasteiger partial charge < -0.3 is 33.6 Å². The maximum Gasteiger partial charge on any atom is 0.252 e. The van der Waals surface area contributed by atoms with Gasteiger partial charge in [-0.3, -0.25) is 0 Å². The number of aromatic nitrogens is 2. The third kappa shape index (κ3) is 9.11. The number of fused-ring (bicyclic) bond motifs is 16. The maximum absolute atomic E-state index is 2.68. The van der Waals surface area contributed by atoms with E-state index in [1.807, 2.05) is 11.8 Å². The van der Waals surface area contributed by atoms with Crippen molar-refractivity contribution in [2.24, 2.45) is 0 Å². The quantitative estimate of drug-likeness (QED) is 0.120. The fourth-order valence-electron chi connectivity index (χ4n) is 18.0. The first kappa shape index (κ1) is 60.2. The molecule has 0 saturated heterocycles. The Morgan fingerprint density at radius 2 is 0.566 bits per heavy atom. The Labute approximate surface area is 619 Å². The molecule has 0 N–H and O–H groups in total. The first-order valence-electron chi connectivity index (χ1n) is 36.5. The van der Waals surface area contributed by atoms with Crippen LogP contribution in [0.5, 0.6) is 0 Å². The molecule has 0 radical (unpaired) electrons. The minimum Gasteiger partial charge on any atom is -0.311 e. The summed E-state index contributed by atoms with van der Waals surface area (Å²) in [5, 5.41) is 4.81. The number of hydrogen-bond donors (Lipinski definition) is 0. The predicted molar refractivity (Wildman–Crippen MR) is 448 cm³/mol. The number of para-hydroxylation sites is 11. The van der Waals surface area contributed by atoms with Gasteiger partial charge in [0.1, 0.15) is 0 Å². The van der Waals surface area contributed by atoms with E-state index in [9.17, 15) is 0 Å². The molecule has 18 aromatic rings. The van der Waals surface area contributed by atoms with Crippen LogP contribution in [0.15, 0.2) is 392 Å². The Bertz CT molecular complexity index is 6430. The van der Waals surface area contributed by atoms with Gasteiger partial charge in [0, 0.05) is 111 Å². The Hall–Kier alpha value is -13.4. The van der Waals surface area contributed by atoms with Crippen LogP contribution in [0, 0.1) is 0 Å². The Morgan fingerprint density at radius 3 is 0.991 bits per heavy atom. The maximum atomic E-state index is 2.68. The molecule has 0 unspecified atom stereocenters. The molecule has 16 aromatic carbocycles. The van der Waals surface area contributed by atoms with Crippen LogP contribution in [0.3, 0.4) is 0 Å². The van der Waals surface area contributed by atoms with E-state index in [1.54, 1.807) is 0 Å². The second-order valence-corrected chi connectivity index (χ2v) is 29.0. The van der Waals surface area contributed by atoms with Crippen LogP contribution < -0.4 is 57.3 Å². The van der Waals surface area contributed by atoms with Gasteiger partial charge in [-0.15, -0.1) is 0 Å². The van der Waals surface area contributed by atoms with Crippen LogP contribution in [0.4, 0.5) is 85.3 Å². The van der Waals surface area contributed by atoms with Gasteiger partial charge in [0.05, 0.1) is 39.1 Å². The molecule has 0 saturated carbocycles. The molecule has 4 aliphatic rings. The molecule has 0 aliphatic carbocycles. The Balaban J connectivity index is 0.883. The highest BCUT2D eigenvalue weighted by Crippen LogP contribution is 2.54. The first-order valence-corrected chi connectivity index (χ1v) is 37.3. The normalized spacial score (nSPS) is 13.0. The summed E-state index contributed by atoms with van der Waals surface area (Å²) in [5.41, 5.74) is 31.0. The summed E-state index contributed by atoms with van der Waals surface area (Å²) < 4.78 is 4.95. The number of nitrogens with zero attached hydrogens (tertiary/aromatic N) is 7. The number of hydrogen-bond acceptors (Lipinski definition) is 6. The lowest BCUT2D eigenvalue weighted by Gasteiger charge is -2.46. The predicted octanol–water partition coefficient (Wildman–Crippen LogP) is 21.7. The summed E-state index contributed by atoms with van der Waals surface area (Å²) in [6, 6.07) is 142. The van der Waals surface area contributed by atoms with Crippen LogP contribution >= 0.6 is 11.8 Å². The van der Waals surface area contributed by atoms with Gasteiger partial charge in [-0.25, -0.2) is 0 Å². The van der Waals surface area contributed by atoms with E-state index in [0.717, 1.165) is 107 Å². The second-order valence-electron chi connectivity index (χ2n) is 27.9. The van der Waals surface area contributed by atoms with Gasteiger partial charge in [-0.2, -0.15) is 0 Å². The zero-order valence-electron chi connectivity index (χ0n) is 57.6. The summed E-state index contributed by atoms with van der Waals surface area (Å²) in [7, 11) is 0. The second kappa shape index (κ2) is 24.1. The van der Waals surface area contributed by atoms with Gasteiger partial charge in [0.15, 0.2) is 0 Å². The van der Waals surface area contributed by atoms with Crippen LogP contribution in [0.2, 0.25) is 0 Å². The summed E-state index contributed by atoms with van der Waals surface area (Å²) in [5.74, 6) is 0. The number of benzene rings is 16. The van der Waals surface area contributed by atoms with Gasteiger partial charge in [0.2, 0.25) is 6.71 Å². The third-order valence-corrected chi connectivity index (χ3v) is 23.3. The highest BCUT2D eigenvalue weighted by atomic mass is 32.2. The lowest BCUT2D eigenvalue weighted by Crippen LogP contribution is -2.64. The summed E-state index contributed by atoms with van der Waals surface area (Å²) in [4.78, 5) is 15.2. The van der Waals surface area contributed by atoms with E-state index in [-0.39, 0.29) is 13.4 Å². The lowest BCUT2D eigenvalue weighted by molar-refractivity contribution is 1.18. The number of anilines is 15. The number of rotatable bonds is 11. The molecule has 2 aromatic heterocycles. The molecule has 7 nitrogen and oxygen atoms in total. The van der Waals surface area contributed by atoms with Crippen LogP contribution in [-0.2, 0) is 0 Å². The molecule has 0 fully saturated rings. The smallest absolute Gasteiger partial charge is 0.252 e. The van der Waals surface area contributed by atoms with Crippen LogP contribution in [-0.4, -0.2) is 22.6 Å². The van der Waals surface area contributed by atoms with Crippen molar-refractivity contribution in [3.05, 3.63) is 382 Å². The van der Waals surface area contributed by atoms with E-state index < -0.39 is 0 Å². The minimum atomic E-state index is -0.256. The molecular formula is C96H63B2N7S. The van der Waals surface area contributed by atoms with Gasteiger partial charge in [-0.05, 0) is 191 Å². The molecule has 0 atom stereocenters. The van der Waals surface area contributed by atoms with Gasteiger partial charge >= 0.3 is 0 Å². The third-order valence-electron chi connectivity index (χ3n) is 22.2. The van der Waals surface area contributed by atoms with Crippen molar-refractivity contribution in [2.75, 3.05) is 24.5 Å². The topological polar surface area (TPSA) is 26.1 Å². The van der Waals surface area contributed by atoms with Crippen molar-refractivity contribution < 1.29 is 0 Å². The molecule has 6 heterocycles. The Morgan fingerprint density at radius 1 is 0.226 bits per heavy atom. The Kier molecular flexibility index (Phi) is 13.7. The van der Waals surface area contributed by atoms with E-state index in [2.05, 4.69) is 416 Å². The molecule has 0 amide bonds. The summed E-state index contributed by atoms with van der Waals surface area (Å²) in [6.45, 7) is -0.470. The summed E-state index contributed by atoms with van der Waals surface area (Å²) in [6.07, 6.45) is 0. The SMILES string of the molecule is c1ccc(N(c2ccccc2)c2cc3c4c(c2)N(c2ccccc2)c2c(ccc5c2c2ccccc2n5-c2ccccc2)B4c2cc4c(cc2S3)N(c2ccccc2)c2cc(N(c3ccccc3)c3ccccc3)cc3c2B4c2ccc4c(c2N3c2ccccc2)c2ccccc2n4-c2ccccc2)cc1. The van der Waals surface area contributed by atoms with Crippen molar-refractivity contribution in [1.82, 2.24) is 9.13 Å². The van der Waals surface area contributed by atoms with E-state index in [1.165, 1.54) is 75.5 Å². The first-order chi connectivity index (χ1) is 52.7. The van der Waals surface area contributed by atoms with Crippen molar-refractivity contribution >= 4 is 187 Å². The molecular weight excluding hydrogens is 1300 g/mol. The van der Waals surface area contributed by atoms with Gasteiger partial charge in [0.25, 0.3) is 6.71 Å². The standard InChI is InChI=1S/C96H63B2N7S/c1-10-32-64(33-11-1)99(65-34-12-2-13-35-65)73-58-86-93-87(59-73)104(71-46-24-8-25-47-71)95-77(54-56-83-91(95)75-50-28-30-52-81(75)101(83)68-40-18-5-19-41-68)97(93)79-62-80-89(63-85(79)103(86)70-44-22-7-23-45-70)106-90-61-74(100(66-36-14-3-15-37-66)67-38-16-4-17-39-67)60-88-94(90)98(80)78-55-57-84-92(96(78)105(88)72-48-26-9-27-49-72)76-51-29-31-53-82(76)102(84)69-42-20-6-21-43-69/h1-63H. The van der Waals surface area contributed by atoms with Crippen LogP contribution in [0.25, 0.3) is 55.0 Å². The fraction of sp³-hybridized carbons (Fsp3) is 0. The molecule has 494 valence electrons. The van der Waals surface area contributed by atoms with E-state index in [4.69, 9.17) is 0 Å². The molecule has 10 heteroatoms.